The molecule has 0 spiro atoms. The van der Waals surface area contributed by atoms with E-state index >= 15 is 0 Å². The Morgan fingerprint density at radius 1 is 1.56 bits per heavy atom. The van der Waals surface area contributed by atoms with Gasteiger partial charge >= 0.3 is 5.97 Å². The molecule has 1 aromatic rings. The third-order valence-corrected chi connectivity index (χ3v) is 2.86. The average Bonchev–Trinajstić information content (AvgIpc) is 2.61. The Morgan fingerprint density at radius 2 is 2.22 bits per heavy atom. The van der Waals surface area contributed by atoms with E-state index in [0.29, 0.717) is 12.0 Å². The van der Waals surface area contributed by atoms with Gasteiger partial charge in [0.15, 0.2) is 5.69 Å². The molecule has 0 amide bonds. The van der Waals surface area contributed by atoms with Crippen LogP contribution < -0.4 is 5.73 Å². The highest BCUT2D eigenvalue weighted by Crippen LogP contribution is 2.26. The maximum Gasteiger partial charge on any atom is 0.361 e. The molecule has 0 saturated heterocycles. The summed E-state index contributed by atoms with van der Waals surface area (Å²) in [4.78, 5) is 11.7. The fourth-order valence-corrected chi connectivity index (χ4v) is 2.01. The van der Waals surface area contributed by atoms with Gasteiger partial charge in [0.2, 0.25) is 0 Å². The normalized spacial score (nSPS) is 23.6. The highest BCUT2D eigenvalue weighted by Gasteiger charge is 2.27. The standard InChI is InChI=1S/C12H20N4O2/c1-12(2,3)18-11(17)10-7-16(15-14-10)6-8-4-9(13)5-8/h7-9H,4-6,13H2,1-3H3. The Labute approximate surface area is 106 Å². The lowest BCUT2D eigenvalue weighted by Gasteiger charge is -2.31. The summed E-state index contributed by atoms with van der Waals surface area (Å²) in [6, 6.07) is 0.323. The lowest BCUT2D eigenvalue weighted by molar-refractivity contribution is 0.00626. The number of esters is 1. The minimum absolute atomic E-state index is 0.258. The molecule has 18 heavy (non-hydrogen) atoms. The molecular weight excluding hydrogens is 232 g/mol. The zero-order valence-corrected chi connectivity index (χ0v) is 11.1. The molecule has 1 aliphatic rings. The van der Waals surface area contributed by atoms with E-state index in [1.165, 1.54) is 0 Å². The lowest BCUT2D eigenvalue weighted by Crippen LogP contribution is -2.38. The molecule has 100 valence electrons. The number of nitrogens with two attached hydrogens (primary N) is 1. The van der Waals surface area contributed by atoms with Gasteiger partial charge in [-0.2, -0.15) is 0 Å². The summed E-state index contributed by atoms with van der Waals surface area (Å²) in [6.07, 6.45) is 3.67. The molecule has 0 aromatic carbocycles. The van der Waals surface area contributed by atoms with Gasteiger partial charge in [-0.1, -0.05) is 5.21 Å². The van der Waals surface area contributed by atoms with Crippen LogP contribution in [0.2, 0.25) is 0 Å². The van der Waals surface area contributed by atoms with Crippen molar-refractivity contribution in [2.45, 2.75) is 51.8 Å². The minimum Gasteiger partial charge on any atom is -0.455 e. The van der Waals surface area contributed by atoms with Gasteiger partial charge in [-0.15, -0.1) is 5.10 Å². The van der Waals surface area contributed by atoms with Crippen molar-refractivity contribution in [1.82, 2.24) is 15.0 Å². The van der Waals surface area contributed by atoms with Crippen LogP contribution >= 0.6 is 0 Å². The summed E-state index contributed by atoms with van der Waals surface area (Å²) in [5, 5.41) is 7.78. The Hall–Kier alpha value is -1.43. The number of carbonyl (C=O) groups is 1. The van der Waals surface area contributed by atoms with Gasteiger partial charge in [0.25, 0.3) is 0 Å². The van der Waals surface area contributed by atoms with Crippen molar-refractivity contribution in [1.29, 1.82) is 0 Å². The van der Waals surface area contributed by atoms with E-state index in [1.807, 2.05) is 20.8 Å². The van der Waals surface area contributed by atoms with Gasteiger partial charge in [-0.3, -0.25) is 4.68 Å². The van der Waals surface area contributed by atoms with Gasteiger partial charge < -0.3 is 10.5 Å². The van der Waals surface area contributed by atoms with Gasteiger partial charge in [-0.25, -0.2) is 4.79 Å². The van der Waals surface area contributed by atoms with Crippen LogP contribution in [0.25, 0.3) is 0 Å². The molecule has 1 aliphatic carbocycles. The molecule has 2 N–H and O–H groups in total. The van der Waals surface area contributed by atoms with Crippen molar-refractivity contribution in [3.63, 3.8) is 0 Å². The zero-order valence-electron chi connectivity index (χ0n) is 11.1. The zero-order chi connectivity index (χ0) is 13.3. The summed E-state index contributed by atoms with van der Waals surface area (Å²) in [7, 11) is 0. The third kappa shape index (κ3) is 3.29. The number of carbonyl (C=O) groups excluding carboxylic acids is 1. The van der Waals surface area contributed by atoms with E-state index in [-0.39, 0.29) is 5.69 Å². The monoisotopic (exact) mass is 252 g/mol. The predicted molar refractivity (Wildman–Crippen MR) is 65.9 cm³/mol. The first-order valence-electron chi connectivity index (χ1n) is 6.22. The first kappa shape index (κ1) is 13.0. The van der Waals surface area contributed by atoms with Crippen molar-refractivity contribution in [3.8, 4) is 0 Å². The SMILES string of the molecule is CC(C)(C)OC(=O)c1cn(CC2CC(N)C2)nn1. The minimum atomic E-state index is -0.512. The van der Waals surface area contributed by atoms with E-state index < -0.39 is 11.6 Å². The van der Waals surface area contributed by atoms with Crippen LogP contribution in [-0.4, -0.2) is 32.6 Å². The summed E-state index contributed by atoms with van der Waals surface area (Å²) in [5.74, 6) is 0.118. The van der Waals surface area contributed by atoms with Crippen LogP contribution in [0.5, 0.6) is 0 Å². The second-order valence-corrected chi connectivity index (χ2v) is 5.93. The smallest absolute Gasteiger partial charge is 0.361 e. The number of ether oxygens (including phenoxy) is 1. The molecule has 2 rings (SSSR count). The second kappa shape index (κ2) is 4.68. The fraction of sp³-hybridized carbons (Fsp3) is 0.750. The Balaban J connectivity index is 1.91. The first-order valence-corrected chi connectivity index (χ1v) is 6.22. The van der Waals surface area contributed by atoms with Gasteiger partial charge in [0, 0.05) is 12.6 Å². The number of aromatic nitrogens is 3. The lowest BCUT2D eigenvalue weighted by atomic mass is 9.81. The molecule has 0 aliphatic heterocycles. The topological polar surface area (TPSA) is 83.0 Å². The average molecular weight is 252 g/mol. The number of hydrogen-bond acceptors (Lipinski definition) is 5. The van der Waals surface area contributed by atoms with Crippen LogP contribution in [-0.2, 0) is 11.3 Å². The summed E-state index contributed by atoms with van der Waals surface area (Å²) in [6.45, 7) is 6.24. The first-order chi connectivity index (χ1) is 8.33. The molecule has 0 atom stereocenters. The van der Waals surface area contributed by atoms with Crippen LogP contribution in [0.4, 0.5) is 0 Å². The second-order valence-electron chi connectivity index (χ2n) is 5.93. The van der Waals surface area contributed by atoms with Gasteiger partial charge in [0.05, 0.1) is 6.20 Å². The maximum atomic E-state index is 11.7. The van der Waals surface area contributed by atoms with Gasteiger partial charge in [0.1, 0.15) is 5.60 Å². The van der Waals surface area contributed by atoms with Crippen LogP contribution in [0.1, 0.15) is 44.1 Å². The van der Waals surface area contributed by atoms with Crippen LogP contribution in [0, 0.1) is 5.92 Å². The van der Waals surface area contributed by atoms with E-state index in [2.05, 4.69) is 10.3 Å². The number of rotatable bonds is 3. The van der Waals surface area contributed by atoms with Crippen molar-refractivity contribution in [2.75, 3.05) is 0 Å². The number of hydrogen-bond donors (Lipinski definition) is 1. The van der Waals surface area contributed by atoms with E-state index in [4.69, 9.17) is 10.5 Å². The quantitative estimate of drug-likeness (QED) is 0.810. The number of nitrogens with zero attached hydrogens (tertiary/aromatic N) is 3. The van der Waals surface area contributed by atoms with E-state index in [1.54, 1.807) is 10.9 Å². The van der Waals surface area contributed by atoms with Crippen molar-refractivity contribution in [2.24, 2.45) is 11.7 Å². The summed E-state index contributed by atoms with van der Waals surface area (Å²) in [5.41, 5.74) is 5.47. The molecule has 1 aromatic heterocycles. The van der Waals surface area contributed by atoms with Gasteiger partial charge in [-0.05, 0) is 39.5 Å². The van der Waals surface area contributed by atoms with Crippen molar-refractivity contribution < 1.29 is 9.53 Å². The Kier molecular flexibility index (Phi) is 3.38. The fourth-order valence-electron chi connectivity index (χ4n) is 2.01. The highest BCUT2D eigenvalue weighted by atomic mass is 16.6. The molecule has 0 radical (unpaired) electrons. The summed E-state index contributed by atoms with van der Waals surface area (Å²) < 4.78 is 6.91. The predicted octanol–water partition coefficient (Wildman–Crippen LogP) is 0.971. The molecule has 0 unspecified atom stereocenters. The molecule has 6 heteroatoms. The largest absolute Gasteiger partial charge is 0.455 e. The van der Waals surface area contributed by atoms with Crippen LogP contribution in [0.3, 0.4) is 0 Å². The molecule has 6 nitrogen and oxygen atoms in total. The highest BCUT2D eigenvalue weighted by molar-refractivity contribution is 5.86. The van der Waals surface area contributed by atoms with Crippen molar-refractivity contribution in [3.05, 3.63) is 11.9 Å². The maximum absolute atomic E-state index is 11.7. The summed E-state index contributed by atoms with van der Waals surface area (Å²) >= 11 is 0. The molecular formula is C12H20N4O2. The Bertz CT molecular complexity index is 430. The molecule has 1 fully saturated rings. The van der Waals surface area contributed by atoms with Crippen molar-refractivity contribution >= 4 is 5.97 Å². The Morgan fingerprint density at radius 3 is 2.78 bits per heavy atom. The molecule has 1 saturated carbocycles. The molecule has 0 bridgehead atoms. The van der Waals surface area contributed by atoms with E-state index in [9.17, 15) is 4.79 Å². The van der Waals surface area contributed by atoms with Crippen LogP contribution in [0.15, 0.2) is 6.20 Å². The third-order valence-electron chi connectivity index (χ3n) is 2.86. The van der Waals surface area contributed by atoms with E-state index in [0.717, 1.165) is 19.4 Å². The molecule has 1 heterocycles.